The molecule has 0 aliphatic rings. The minimum Gasteiger partial charge on any atom is -0.255 e. The van der Waals surface area contributed by atoms with Gasteiger partial charge in [0.05, 0.1) is 18.4 Å². The summed E-state index contributed by atoms with van der Waals surface area (Å²) in [6.45, 7) is 3.60. The van der Waals surface area contributed by atoms with Crippen LogP contribution in [0.4, 0.5) is 0 Å². The van der Waals surface area contributed by atoms with Crippen molar-refractivity contribution in [3.63, 3.8) is 0 Å². The summed E-state index contributed by atoms with van der Waals surface area (Å²) >= 11 is 0. The van der Waals surface area contributed by atoms with E-state index in [-0.39, 0.29) is 13.2 Å². The Morgan fingerprint density at radius 1 is 1.67 bits per heavy atom. The molecule has 0 heterocycles. The lowest BCUT2D eigenvalue weighted by molar-refractivity contribution is 0.148. The van der Waals surface area contributed by atoms with Crippen molar-refractivity contribution in [2.75, 3.05) is 19.7 Å². The normalized spacial score (nSPS) is 8.56. The number of hydrogen-bond donors (Lipinski definition) is 0. The third kappa shape index (κ3) is 3.66. The molecule has 0 rings (SSSR count). The Kier molecular flexibility index (Phi) is 4.72. The van der Waals surface area contributed by atoms with Gasteiger partial charge < -0.3 is 0 Å². The summed E-state index contributed by atoms with van der Waals surface area (Å²) in [5.41, 5.74) is 0. The number of nitroso groups, excluding NO2 is 1. The monoisotopic (exact) mass is 129 g/mol. The maximum atomic E-state index is 9.90. The number of rotatable bonds is 5. The van der Waals surface area contributed by atoms with E-state index < -0.39 is 0 Å². The molecule has 0 N–H and O–H groups in total. The summed E-state index contributed by atoms with van der Waals surface area (Å²) in [5.74, 6) is 0. The van der Waals surface area contributed by atoms with E-state index in [1.54, 1.807) is 0 Å². The summed E-state index contributed by atoms with van der Waals surface area (Å²) in [5, 5.41) is 13.6. The predicted molar refractivity (Wildman–Crippen MR) is 33.1 cm³/mol. The summed E-state index contributed by atoms with van der Waals surface area (Å²) in [7, 11) is 0. The fraction of sp³-hybridized carbons (Fsp3) is 0.600. The fourth-order valence-electron chi connectivity index (χ4n) is 0.420. The molecule has 0 unspecified atom stereocenters. The van der Waals surface area contributed by atoms with Crippen molar-refractivity contribution in [3.05, 3.63) is 17.6 Å². The smallest absolute Gasteiger partial charge is 0.101 e. The zero-order valence-electron chi connectivity index (χ0n) is 5.12. The fourth-order valence-corrected chi connectivity index (χ4v) is 0.420. The van der Waals surface area contributed by atoms with Gasteiger partial charge in [0.25, 0.3) is 0 Å². The Hall–Kier alpha value is -0.900. The number of hydrogen-bond acceptors (Lipinski definition) is 2. The zero-order valence-corrected chi connectivity index (χ0v) is 5.12. The van der Waals surface area contributed by atoms with Crippen LogP contribution in [-0.2, 0) is 5.11 Å². The van der Waals surface area contributed by atoms with Crippen LogP contribution in [0.3, 0.4) is 0 Å². The molecule has 0 aromatic carbocycles. The quantitative estimate of drug-likeness (QED) is 0.310. The Labute approximate surface area is 53.7 Å². The van der Waals surface area contributed by atoms with Gasteiger partial charge in [0.15, 0.2) is 0 Å². The van der Waals surface area contributed by atoms with E-state index in [0.717, 1.165) is 5.01 Å². The van der Waals surface area contributed by atoms with Crippen molar-refractivity contribution < 1.29 is 5.11 Å². The van der Waals surface area contributed by atoms with E-state index in [9.17, 15) is 10.0 Å². The molecule has 0 spiro atoms. The maximum Gasteiger partial charge on any atom is 0.101 e. The molecule has 4 heteroatoms. The molecule has 0 saturated carbocycles. The minimum atomic E-state index is -0.306. The molecule has 0 aromatic heterocycles. The van der Waals surface area contributed by atoms with Gasteiger partial charge in [-0.05, 0) is 0 Å². The molecule has 0 atom stereocenters. The Morgan fingerprint density at radius 2 is 2.33 bits per heavy atom. The highest BCUT2D eigenvalue weighted by molar-refractivity contribution is 4.70. The first-order chi connectivity index (χ1) is 4.35. The second kappa shape index (κ2) is 5.24. The van der Waals surface area contributed by atoms with Crippen molar-refractivity contribution in [3.8, 4) is 0 Å². The number of nitrogens with zero attached hydrogens (tertiary/aromatic N) is 2. The summed E-state index contributed by atoms with van der Waals surface area (Å²) < 4.78 is 0. The van der Waals surface area contributed by atoms with Crippen LogP contribution in [0.15, 0.2) is 17.9 Å². The predicted octanol–water partition coefficient (Wildman–Crippen LogP) is 0.586. The molecular formula is C5H9N2O2. The van der Waals surface area contributed by atoms with Gasteiger partial charge in [-0.1, -0.05) is 6.08 Å². The van der Waals surface area contributed by atoms with Gasteiger partial charge in [-0.25, -0.2) is 5.11 Å². The summed E-state index contributed by atoms with van der Waals surface area (Å²) in [6, 6.07) is 0. The Bertz CT molecular complexity index is 95.0. The zero-order chi connectivity index (χ0) is 7.11. The lowest BCUT2D eigenvalue weighted by Gasteiger charge is -2.08. The van der Waals surface area contributed by atoms with Gasteiger partial charge in [-0.2, -0.15) is 0 Å². The molecule has 0 fully saturated rings. The molecule has 0 bridgehead atoms. The van der Waals surface area contributed by atoms with Crippen molar-refractivity contribution in [1.29, 1.82) is 0 Å². The van der Waals surface area contributed by atoms with Gasteiger partial charge in [0.2, 0.25) is 0 Å². The lowest BCUT2D eigenvalue weighted by atomic mass is 10.5. The van der Waals surface area contributed by atoms with Crippen LogP contribution < -0.4 is 0 Å². The SMILES string of the molecule is C=CCN(CC[O])N=O. The second-order valence-corrected chi connectivity index (χ2v) is 1.49. The average Bonchev–Trinajstić information content (AvgIpc) is 1.88. The standard InChI is InChI=1S/C5H9N2O2/c1-2-3-7(6-9)4-5-8/h2H,1,3-5H2. The molecule has 1 radical (unpaired) electrons. The van der Waals surface area contributed by atoms with Crippen molar-refractivity contribution in [2.45, 2.75) is 0 Å². The largest absolute Gasteiger partial charge is 0.255 e. The van der Waals surface area contributed by atoms with Gasteiger partial charge >= 0.3 is 0 Å². The first kappa shape index (κ1) is 8.10. The maximum absolute atomic E-state index is 9.90. The van der Waals surface area contributed by atoms with Crippen LogP contribution in [0.2, 0.25) is 0 Å². The first-order valence-electron chi connectivity index (χ1n) is 2.62. The highest BCUT2D eigenvalue weighted by Crippen LogP contribution is 1.86. The third-order valence-electron chi connectivity index (χ3n) is 0.805. The van der Waals surface area contributed by atoms with Crippen LogP contribution in [0, 0.1) is 4.91 Å². The molecule has 0 aliphatic heterocycles. The molecule has 51 valence electrons. The van der Waals surface area contributed by atoms with Crippen LogP contribution in [-0.4, -0.2) is 24.7 Å². The van der Waals surface area contributed by atoms with E-state index >= 15 is 0 Å². The Balaban J connectivity index is 3.40. The molecular weight excluding hydrogens is 120 g/mol. The van der Waals surface area contributed by atoms with Gasteiger partial charge in [-0.3, -0.25) is 5.01 Å². The highest BCUT2D eigenvalue weighted by atomic mass is 16.3. The van der Waals surface area contributed by atoms with Gasteiger partial charge in [0, 0.05) is 0 Å². The van der Waals surface area contributed by atoms with Crippen LogP contribution in [0.5, 0.6) is 0 Å². The van der Waals surface area contributed by atoms with E-state index in [1.165, 1.54) is 6.08 Å². The third-order valence-corrected chi connectivity index (χ3v) is 0.805. The summed E-state index contributed by atoms with van der Waals surface area (Å²) in [6.07, 6.45) is 1.52. The molecule has 4 nitrogen and oxygen atoms in total. The lowest BCUT2D eigenvalue weighted by Crippen LogP contribution is -2.19. The average molecular weight is 129 g/mol. The Morgan fingerprint density at radius 3 is 2.67 bits per heavy atom. The van der Waals surface area contributed by atoms with Crippen LogP contribution >= 0.6 is 0 Å². The second-order valence-electron chi connectivity index (χ2n) is 1.49. The van der Waals surface area contributed by atoms with E-state index in [1.807, 2.05) is 0 Å². The van der Waals surface area contributed by atoms with Gasteiger partial charge in [-0.15, -0.1) is 11.5 Å². The highest BCUT2D eigenvalue weighted by Gasteiger charge is 1.96. The van der Waals surface area contributed by atoms with Gasteiger partial charge in [0.1, 0.15) is 6.61 Å². The molecule has 0 saturated heterocycles. The van der Waals surface area contributed by atoms with E-state index in [0.29, 0.717) is 6.54 Å². The molecule has 0 amide bonds. The molecule has 9 heavy (non-hydrogen) atoms. The van der Waals surface area contributed by atoms with Crippen molar-refractivity contribution in [2.24, 2.45) is 5.29 Å². The van der Waals surface area contributed by atoms with E-state index in [4.69, 9.17) is 0 Å². The molecule has 0 aromatic rings. The van der Waals surface area contributed by atoms with Crippen molar-refractivity contribution in [1.82, 2.24) is 5.01 Å². The first-order valence-corrected chi connectivity index (χ1v) is 2.62. The topological polar surface area (TPSA) is 52.6 Å². The van der Waals surface area contributed by atoms with Crippen molar-refractivity contribution >= 4 is 0 Å². The minimum absolute atomic E-state index is 0.162. The van der Waals surface area contributed by atoms with Crippen LogP contribution in [0.1, 0.15) is 0 Å². The molecule has 0 aliphatic carbocycles. The van der Waals surface area contributed by atoms with E-state index in [2.05, 4.69) is 11.9 Å². The van der Waals surface area contributed by atoms with Crippen LogP contribution in [0.25, 0.3) is 0 Å². The summed E-state index contributed by atoms with van der Waals surface area (Å²) in [4.78, 5) is 9.77.